The maximum Gasteiger partial charge on any atom is 0.122 e. The summed E-state index contributed by atoms with van der Waals surface area (Å²) in [6.07, 6.45) is 0.983. The molecule has 3 nitrogen and oxygen atoms in total. The van der Waals surface area contributed by atoms with E-state index in [9.17, 15) is 5.11 Å². The number of aliphatic hydroxyl groups is 1. The summed E-state index contributed by atoms with van der Waals surface area (Å²) in [6.45, 7) is 4.97. The molecule has 0 radical (unpaired) electrons. The number of nitrogens with zero attached hydrogens (tertiary/aromatic N) is 1. The first-order valence-electron chi connectivity index (χ1n) is 5.65. The second kappa shape index (κ2) is 3.98. The van der Waals surface area contributed by atoms with Crippen molar-refractivity contribution >= 4 is 5.69 Å². The van der Waals surface area contributed by atoms with Crippen LogP contribution in [0.3, 0.4) is 0 Å². The lowest BCUT2D eigenvalue weighted by Gasteiger charge is -2.36. The van der Waals surface area contributed by atoms with Gasteiger partial charge in [0.25, 0.3) is 0 Å². The van der Waals surface area contributed by atoms with Crippen molar-refractivity contribution in [2.75, 3.05) is 25.2 Å². The Bertz CT molecular complexity index is 388. The molecular formula is C13H19NO2. The molecular weight excluding hydrogens is 202 g/mol. The van der Waals surface area contributed by atoms with E-state index >= 15 is 0 Å². The molecule has 1 N–H and O–H groups in total. The summed E-state index contributed by atoms with van der Waals surface area (Å²) in [4.78, 5) is 2.10. The van der Waals surface area contributed by atoms with Crippen molar-refractivity contribution < 1.29 is 9.84 Å². The SMILES string of the molecule is CN(c1ccc2c(c1)CCO2)C(C)(C)CO. The van der Waals surface area contributed by atoms with Crippen LogP contribution in [0.15, 0.2) is 18.2 Å². The zero-order valence-corrected chi connectivity index (χ0v) is 10.2. The molecule has 16 heavy (non-hydrogen) atoms. The Hall–Kier alpha value is -1.22. The van der Waals surface area contributed by atoms with Gasteiger partial charge in [0.05, 0.1) is 18.8 Å². The van der Waals surface area contributed by atoms with Crippen LogP contribution in [-0.4, -0.2) is 30.9 Å². The van der Waals surface area contributed by atoms with Gasteiger partial charge in [0.1, 0.15) is 5.75 Å². The monoisotopic (exact) mass is 221 g/mol. The highest BCUT2D eigenvalue weighted by atomic mass is 16.5. The van der Waals surface area contributed by atoms with Gasteiger partial charge >= 0.3 is 0 Å². The molecule has 0 spiro atoms. The molecule has 0 atom stereocenters. The zero-order valence-electron chi connectivity index (χ0n) is 10.2. The summed E-state index contributed by atoms with van der Waals surface area (Å²) in [7, 11) is 2.01. The second-order valence-corrected chi connectivity index (χ2v) is 4.92. The summed E-state index contributed by atoms with van der Waals surface area (Å²) in [5.41, 5.74) is 2.15. The van der Waals surface area contributed by atoms with Gasteiger partial charge in [-0.15, -0.1) is 0 Å². The fraction of sp³-hybridized carbons (Fsp3) is 0.538. The van der Waals surface area contributed by atoms with E-state index in [1.807, 2.05) is 33.0 Å². The molecule has 0 saturated heterocycles. The maximum atomic E-state index is 9.35. The maximum absolute atomic E-state index is 9.35. The fourth-order valence-electron chi connectivity index (χ4n) is 1.84. The lowest BCUT2D eigenvalue weighted by molar-refractivity contribution is 0.216. The Kier molecular flexibility index (Phi) is 2.80. The Morgan fingerprint density at radius 3 is 2.88 bits per heavy atom. The van der Waals surface area contributed by atoms with Crippen molar-refractivity contribution in [1.29, 1.82) is 0 Å². The average Bonchev–Trinajstić information content (AvgIpc) is 2.74. The summed E-state index contributed by atoms with van der Waals surface area (Å²) < 4.78 is 5.48. The summed E-state index contributed by atoms with van der Waals surface area (Å²) in [5, 5.41) is 9.35. The number of anilines is 1. The minimum Gasteiger partial charge on any atom is -0.493 e. The highest BCUT2D eigenvalue weighted by Crippen LogP contribution is 2.31. The smallest absolute Gasteiger partial charge is 0.122 e. The third kappa shape index (κ3) is 1.87. The quantitative estimate of drug-likeness (QED) is 0.845. The minimum atomic E-state index is -0.242. The standard InChI is InChI=1S/C13H19NO2/c1-13(2,9-15)14(3)11-4-5-12-10(8-11)6-7-16-12/h4-5,8,15H,6-7,9H2,1-3H3. The van der Waals surface area contributed by atoms with Gasteiger partial charge in [-0.3, -0.25) is 0 Å². The number of ether oxygens (including phenoxy) is 1. The third-order valence-corrected chi connectivity index (χ3v) is 3.36. The molecule has 1 aromatic carbocycles. The number of rotatable bonds is 3. The first-order chi connectivity index (χ1) is 7.54. The van der Waals surface area contributed by atoms with Crippen LogP contribution in [0, 0.1) is 0 Å². The molecule has 0 fully saturated rings. The van der Waals surface area contributed by atoms with Crippen LogP contribution >= 0.6 is 0 Å². The number of hydrogen-bond donors (Lipinski definition) is 1. The lowest BCUT2D eigenvalue weighted by Crippen LogP contribution is -2.44. The van der Waals surface area contributed by atoms with Crippen molar-refractivity contribution in [3.8, 4) is 5.75 Å². The van der Waals surface area contributed by atoms with Crippen LogP contribution < -0.4 is 9.64 Å². The van der Waals surface area contributed by atoms with Crippen LogP contribution in [0.25, 0.3) is 0 Å². The van der Waals surface area contributed by atoms with E-state index in [1.165, 1.54) is 5.56 Å². The van der Waals surface area contributed by atoms with E-state index in [1.54, 1.807) is 0 Å². The molecule has 0 unspecified atom stereocenters. The predicted octanol–water partition coefficient (Wildman–Crippen LogP) is 1.83. The summed E-state index contributed by atoms with van der Waals surface area (Å²) in [5.74, 6) is 0.999. The normalized spacial score (nSPS) is 14.5. The van der Waals surface area contributed by atoms with Crippen molar-refractivity contribution in [1.82, 2.24) is 0 Å². The van der Waals surface area contributed by atoms with Crippen LogP contribution in [0.1, 0.15) is 19.4 Å². The topological polar surface area (TPSA) is 32.7 Å². The Balaban J connectivity index is 2.28. The fourth-order valence-corrected chi connectivity index (χ4v) is 1.84. The van der Waals surface area contributed by atoms with Crippen LogP contribution in [-0.2, 0) is 6.42 Å². The Morgan fingerprint density at radius 2 is 2.19 bits per heavy atom. The predicted molar refractivity (Wildman–Crippen MR) is 65.2 cm³/mol. The van der Waals surface area contributed by atoms with Gasteiger partial charge < -0.3 is 14.7 Å². The van der Waals surface area contributed by atoms with Crippen molar-refractivity contribution in [2.45, 2.75) is 25.8 Å². The number of hydrogen-bond acceptors (Lipinski definition) is 3. The Morgan fingerprint density at radius 1 is 1.44 bits per heavy atom. The van der Waals surface area contributed by atoms with E-state index in [0.29, 0.717) is 0 Å². The van der Waals surface area contributed by atoms with Crippen molar-refractivity contribution in [2.24, 2.45) is 0 Å². The van der Waals surface area contributed by atoms with Gasteiger partial charge in [0.2, 0.25) is 0 Å². The van der Waals surface area contributed by atoms with Gasteiger partial charge in [0.15, 0.2) is 0 Å². The van der Waals surface area contributed by atoms with E-state index in [4.69, 9.17) is 4.74 Å². The molecule has 2 rings (SSSR count). The van der Waals surface area contributed by atoms with Gasteiger partial charge in [-0.1, -0.05) is 0 Å². The summed E-state index contributed by atoms with van der Waals surface area (Å²) in [6, 6.07) is 6.21. The van der Waals surface area contributed by atoms with Gasteiger partial charge in [0, 0.05) is 19.2 Å². The molecule has 1 aliphatic heterocycles. The molecule has 0 aromatic heterocycles. The number of likely N-dealkylation sites (N-methyl/N-ethyl adjacent to an activating group) is 1. The van der Waals surface area contributed by atoms with Gasteiger partial charge in [-0.2, -0.15) is 0 Å². The molecule has 1 aromatic rings. The van der Waals surface area contributed by atoms with E-state index in [-0.39, 0.29) is 12.1 Å². The average molecular weight is 221 g/mol. The first-order valence-corrected chi connectivity index (χ1v) is 5.65. The van der Waals surface area contributed by atoms with Crippen molar-refractivity contribution in [3.63, 3.8) is 0 Å². The van der Waals surface area contributed by atoms with Gasteiger partial charge in [-0.25, -0.2) is 0 Å². The molecule has 88 valence electrons. The molecule has 0 bridgehead atoms. The summed E-state index contributed by atoms with van der Waals surface area (Å²) >= 11 is 0. The number of fused-ring (bicyclic) bond motifs is 1. The van der Waals surface area contributed by atoms with Gasteiger partial charge in [-0.05, 0) is 37.6 Å². The molecule has 0 amide bonds. The van der Waals surface area contributed by atoms with Crippen LogP contribution in [0.4, 0.5) is 5.69 Å². The highest BCUT2D eigenvalue weighted by molar-refractivity contribution is 5.55. The minimum absolute atomic E-state index is 0.136. The van der Waals surface area contributed by atoms with Crippen LogP contribution in [0.5, 0.6) is 5.75 Å². The van der Waals surface area contributed by atoms with Crippen LogP contribution in [0.2, 0.25) is 0 Å². The lowest BCUT2D eigenvalue weighted by atomic mass is 10.0. The molecule has 0 saturated carbocycles. The largest absolute Gasteiger partial charge is 0.493 e. The van der Waals surface area contributed by atoms with E-state index < -0.39 is 0 Å². The first kappa shape index (κ1) is 11.3. The molecule has 0 aliphatic carbocycles. The van der Waals surface area contributed by atoms with E-state index in [0.717, 1.165) is 24.5 Å². The number of aliphatic hydroxyl groups excluding tert-OH is 1. The van der Waals surface area contributed by atoms with E-state index in [2.05, 4.69) is 11.0 Å². The molecule has 1 heterocycles. The second-order valence-electron chi connectivity index (χ2n) is 4.92. The van der Waals surface area contributed by atoms with Crippen molar-refractivity contribution in [3.05, 3.63) is 23.8 Å². The molecule has 1 aliphatic rings. The number of benzene rings is 1. The third-order valence-electron chi connectivity index (χ3n) is 3.36. The zero-order chi connectivity index (χ0) is 11.8. The molecule has 3 heteroatoms. The highest BCUT2D eigenvalue weighted by Gasteiger charge is 2.24. The Labute approximate surface area is 96.6 Å².